The maximum absolute atomic E-state index is 13.1. The van der Waals surface area contributed by atoms with Crippen molar-refractivity contribution in [2.45, 2.75) is 46.1 Å². The second-order valence-corrected chi connectivity index (χ2v) is 8.88. The number of likely N-dealkylation sites (tertiary alicyclic amines) is 1. The Balaban J connectivity index is 1.94. The summed E-state index contributed by atoms with van der Waals surface area (Å²) in [5.41, 5.74) is 0.769. The van der Waals surface area contributed by atoms with Gasteiger partial charge in [0.2, 0.25) is 5.91 Å². The fraction of sp³-hybridized carbons (Fsp3) is 0.571. The van der Waals surface area contributed by atoms with E-state index in [1.54, 1.807) is 24.3 Å². The Hall–Kier alpha value is -2.57. The molecule has 2 aliphatic rings. The molecular formula is C21H28N2O5. The van der Waals surface area contributed by atoms with Gasteiger partial charge in [0.05, 0.1) is 12.7 Å². The standard InChI is InChI=1S/C21H28N2O5/c1-20(2,3)18-21(9-11-22(12-10-21)19(26)27)13-16(24)23(18)15-7-5-14(6-8-15)17(25)28-4/h5-8,18H,9-13H2,1-4H3,(H,26,27). The molecule has 2 amide bonds. The third-order valence-electron chi connectivity index (χ3n) is 6.03. The van der Waals surface area contributed by atoms with E-state index < -0.39 is 12.1 Å². The van der Waals surface area contributed by atoms with Gasteiger partial charge in [0.1, 0.15) is 0 Å². The van der Waals surface area contributed by atoms with Crippen molar-refractivity contribution < 1.29 is 24.2 Å². The maximum atomic E-state index is 13.1. The van der Waals surface area contributed by atoms with Crippen molar-refractivity contribution in [1.82, 2.24) is 4.90 Å². The van der Waals surface area contributed by atoms with Crippen LogP contribution in [-0.2, 0) is 9.53 Å². The molecular weight excluding hydrogens is 360 g/mol. The summed E-state index contributed by atoms with van der Waals surface area (Å²) in [5, 5.41) is 9.28. The van der Waals surface area contributed by atoms with Gasteiger partial charge in [-0.1, -0.05) is 20.8 Å². The normalized spacial score (nSPS) is 21.9. The van der Waals surface area contributed by atoms with Crippen LogP contribution in [0.15, 0.2) is 24.3 Å². The molecule has 0 bridgehead atoms. The van der Waals surface area contributed by atoms with Gasteiger partial charge in [-0.05, 0) is 42.5 Å². The Morgan fingerprint density at radius 3 is 2.18 bits per heavy atom. The minimum Gasteiger partial charge on any atom is -0.465 e. The number of carbonyl (C=O) groups excluding carboxylic acids is 2. The lowest BCUT2D eigenvalue weighted by molar-refractivity contribution is -0.118. The molecule has 1 aromatic rings. The zero-order valence-corrected chi connectivity index (χ0v) is 16.9. The third-order valence-corrected chi connectivity index (χ3v) is 6.03. The average molecular weight is 388 g/mol. The van der Waals surface area contributed by atoms with E-state index in [1.165, 1.54) is 12.0 Å². The van der Waals surface area contributed by atoms with E-state index in [0.717, 1.165) is 5.69 Å². The number of piperidine rings is 1. The third kappa shape index (κ3) is 3.45. The minimum absolute atomic E-state index is 0.0487. The summed E-state index contributed by atoms with van der Waals surface area (Å²) in [6.45, 7) is 7.26. The summed E-state index contributed by atoms with van der Waals surface area (Å²) in [7, 11) is 1.34. The predicted molar refractivity (Wildman–Crippen MR) is 104 cm³/mol. The molecule has 7 nitrogen and oxygen atoms in total. The molecule has 0 aromatic heterocycles. The first kappa shape index (κ1) is 20.2. The number of hydrogen-bond donors (Lipinski definition) is 1. The van der Waals surface area contributed by atoms with Gasteiger partial charge in [0, 0.05) is 36.7 Å². The summed E-state index contributed by atoms with van der Waals surface area (Å²) in [4.78, 5) is 39.4. The molecule has 0 saturated carbocycles. The van der Waals surface area contributed by atoms with Gasteiger partial charge in [-0.15, -0.1) is 0 Å². The molecule has 152 valence electrons. The molecule has 28 heavy (non-hydrogen) atoms. The zero-order chi connectivity index (χ0) is 20.7. The van der Waals surface area contributed by atoms with Crippen molar-refractivity contribution in [3.63, 3.8) is 0 Å². The maximum Gasteiger partial charge on any atom is 0.407 e. The first-order valence-corrected chi connectivity index (χ1v) is 9.57. The van der Waals surface area contributed by atoms with Crippen molar-refractivity contribution in [3.05, 3.63) is 29.8 Å². The number of carboxylic acid groups (broad SMARTS) is 1. The van der Waals surface area contributed by atoms with Gasteiger partial charge >= 0.3 is 12.1 Å². The summed E-state index contributed by atoms with van der Waals surface area (Å²) in [5.74, 6) is -0.362. The number of carbonyl (C=O) groups is 3. The first-order valence-electron chi connectivity index (χ1n) is 9.57. The van der Waals surface area contributed by atoms with Crippen LogP contribution in [0.1, 0.15) is 50.4 Å². The molecule has 1 aromatic carbocycles. The number of amides is 2. The molecule has 0 radical (unpaired) electrons. The monoisotopic (exact) mass is 388 g/mol. The Kier molecular flexibility index (Phi) is 5.12. The lowest BCUT2D eigenvalue weighted by Gasteiger charge is -2.48. The average Bonchev–Trinajstić information content (AvgIpc) is 2.93. The number of ether oxygens (including phenoxy) is 1. The summed E-state index contributed by atoms with van der Waals surface area (Å²) in [6, 6.07) is 6.87. The molecule has 2 fully saturated rings. The van der Waals surface area contributed by atoms with E-state index in [9.17, 15) is 19.5 Å². The van der Waals surface area contributed by atoms with E-state index in [1.807, 2.05) is 4.90 Å². The van der Waals surface area contributed by atoms with Crippen LogP contribution < -0.4 is 4.90 Å². The summed E-state index contributed by atoms with van der Waals surface area (Å²) < 4.78 is 4.75. The van der Waals surface area contributed by atoms with Crippen molar-refractivity contribution >= 4 is 23.7 Å². The highest BCUT2D eigenvalue weighted by Crippen LogP contribution is 2.53. The fourth-order valence-corrected chi connectivity index (χ4v) is 4.97. The molecule has 2 heterocycles. The number of methoxy groups -OCH3 is 1. The van der Waals surface area contributed by atoms with Gasteiger partial charge in [0.15, 0.2) is 0 Å². The first-order chi connectivity index (χ1) is 13.1. The van der Waals surface area contributed by atoms with Crippen molar-refractivity contribution in [2.75, 3.05) is 25.1 Å². The molecule has 1 spiro atoms. The number of anilines is 1. The second-order valence-electron chi connectivity index (χ2n) is 8.88. The summed E-state index contributed by atoms with van der Waals surface area (Å²) in [6.07, 6.45) is 0.857. The SMILES string of the molecule is COC(=O)c1ccc(N2C(=O)CC3(CCN(C(=O)O)CC3)C2C(C)(C)C)cc1. The Morgan fingerprint density at radius 2 is 1.71 bits per heavy atom. The van der Waals surface area contributed by atoms with Crippen LogP contribution in [0.5, 0.6) is 0 Å². The Bertz CT molecular complexity index is 773. The van der Waals surface area contributed by atoms with Gasteiger partial charge in [-0.25, -0.2) is 9.59 Å². The molecule has 0 aliphatic carbocycles. The number of rotatable bonds is 2. The number of benzene rings is 1. The lowest BCUT2D eigenvalue weighted by Crippen LogP contribution is -2.53. The zero-order valence-electron chi connectivity index (χ0n) is 16.9. The molecule has 2 aliphatic heterocycles. The van der Waals surface area contributed by atoms with Crippen molar-refractivity contribution in [1.29, 1.82) is 0 Å². The van der Waals surface area contributed by atoms with E-state index >= 15 is 0 Å². The van der Waals surface area contributed by atoms with E-state index in [4.69, 9.17) is 4.74 Å². The van der Waals surface area contributed by atoms with Crippen LogP contribution in [0.25, 0.3) is 0 Å². The van der Waals surface area contributed by atoms with E-state index in [0.29, 0.717) is 37.9 Å². The van der Waals surface area contributed by atoms with Crippen LogP contribution in [-0.4, -0.2) is 54.2 Å². The molecule has 1 N–H and O–H groups in total. The molecule has 3 rings (SSSR count). The number of hydrogen-bond acceptors (Lipinski definition) is 4. The highest BCUT2D eigenvalue weighted by atomic mass is 16.5. The predicted octanol–water partition coefficient (Wildman–Crippen LogP) is 3.38. The summed E-state index contributed by atoms with van der Waals surface area (Å²) >= 11 is 0. The van der Waals surface area contributed by atoms with Crippen LogP contribution in [0.3, 0.4) is 0 Å². The highest BCUT2D eigenvalue weighted by molar-refractivity contribution is 5.98. The van der Waals surface area contributed by atoms with Gasteiger partial charge in [-0.3, -0.25) is 4.79 Å². The van der Waals surface area contributed by atoms with Crippen LogP contribution in [0.2, 0.25) is 0 Å². The molecule has 1 atom stereocenters. The number of esters is 1. The number of nitrogens with zero attached hydrogens (tertiary/aromatic N) is 2. The van der Waals surface area contributed by atoms with E-state index in [-0.39, 0.29) is 22.8 Å². The molecule has 7 heteroatoms. The van der Waals surface area contributed by atoms with Gasteiger partial charge in [-0.2, -0.15) is 0 Å². The fourth-order valence-electron chi connectivity index (χ4n) is 4.97. The molecule has 1 unspecified atom stereocenters. The highest BCUT2D eigenvalue weighted by Gasteiger charge is 2.57. The topological polar surface area (TPSA) is 87.2 Å². The second kappa shape index (κ2) is 7.11. The smallest absolute Gasteiger partial charge is 0.407 e. The Labute approximate surface area is 165 Å². The quantitative estimate of drug-likeness (QED) is 0.785. The van der Waals surface area contributed by atoms with Crippen LogP contribution in [0.4, 0.5) is 10.5 Å². The van der Waals surface area contributed by atoms with Gasteiger partial charge in [0.25, 0.3) is 0 Å². The van der Waals surface area contributed by atoms with Crippen LogP contribution in [0, 0.1) is 10.8 Å². The van der Waals surface area contributed by atoms with Crippen LogP contribution >= 0.6 is 0 Å². The van der Waals surface area contributed by atoms with Crippen molar-refractivity contribution in [3.8, 4) is 0 Å². The van der Waals surface area contributed by atoms with Gasteiger partial charge < -0.3 is 19.6 Å². The van der Waals surface area contributed by atoms with Crippen molar-refractivity contribution in [2.24, 2.45) is 10.8 Å². The lowest BCUT2D eigenvalue weighted by atomic mass is 9.64. The molecule has 2 saturated heterocycles. The Morgan fingerprint density at radius 1 is 1.14 bits per heavy atom. The van der Waals surface area contributed by atoms with E-state index in [2.05, 4.69) is 20.8 Å². The minimum atomic E-state index is -0.901. The largest absolute Gasteiger partial charge is 0.465 e.